The molecule has 1 aromatic heterocycles. The fraction of sp³-hybridized carbons (Fsp3) is 0. The summed E-state index contributed by atoms with van der Waals surface area (Å²) in [6, 6.07) is 18.6. The van der Waals surface area contributed by atoms with Crippen LogP contribution in [0.5, 0.6) is 0 Å². The average molecular weight is 282 g/mol. The van der Waals surface area contributed by atoms with Gasteiger partial charge in [-0.05, 0) is 0 Å². The van der Waals surface area contributed by atoms with Crippen molar-refractivity contribution in [2.24, 2.45) is 0 Å². The van der Waals surface area contributed by atoms with Crippen molar-refractivity contribution < 1.29 is 0 Å². The first kappa shape index (κ1) is 10.5. The molecule has 0 saturated carbocycles. The van der Waals surface area contributed by atoms with Crippen molar-refractivity contribution in [2.75, 3.05) is 0 Å². The zero-order valence-corrected chi connectivity index (χ0v) is 11.3. The molecule has 3 aromatic rings. The quantitative estimate of drug-likeness (QED) is 0.656. The molecule has 0 radical (unpaired) electrons. The van der Waals surface area contributed by atoms with Crippen molar-refractivity contribution in [3.63, 3.8) is 0 Å². The van der Waals surface area contributed by atoms with E-state index in [9.17, 15) is 0 Å². The third kappa shape index (κ3) is 2.37. The molecule has 0 fully saturated rings. The van der Waals surface area contributed by atoms with Crippen LogP contribution in [0.4, 0.5) is 0 Å². The van der Waals surface area contributed by atoms with E-state index in [4.69, 9.17) is 0 Å². The van der Waals surface area contributed by atoms with Crippen LogP contribution in [-0.2, 0) is 0 Å². The van der Waals surface area contributed by atoms with Crippen LogP contribution in [0, 0.1) is 0 Å². The topological polar surface area (TPSA) is 25.8 Å². The predicted octanol–water partition coefficient (Wildman–Crippen LogP) is 1.02. The predicted molar refractivity (Wildman–Crippen MR) is 72.4 cm³/mol. The summed E-state index contributed by atoms with van der Waals surface area (Å²) < 4.78 is 2.36. The molecule has 3 rings (SSSR count). The maximum atomic E-state index is 4.61. The molecule has 0 saturated heterocycles. The zero-order chi connectivity index (χ0) is 11.5. The van der Waals surface area contributed by atoms with Gasteiger partial charge in [0.1, 0.15) is 0 Å². The van der Waals surface area contributed by atoms with Gasteiger partial charge in [-0.1, -0.05) is 0 Å². The summed E-state index contributed by atoms with van der Waals surface area (Å²) in [6.45, 7) is 0. The van der Waals surface area contributed by atoms with Crippen LogP contribution < -0.4 is 8.96 Å². The van der Waals surface area contributed by atoms with Gasteiger partial charge in [0.15, 0.2) is 0 Å². The Morgan fingerprint density at radius 1 is 0.824 bits per heavy atom. The number of rotatable bonds is 2. The number of aromatic nitrogens is 2. The first-order chi connectivity index (χ1) is 8.42. The molecule has 0 aliphatic heterocycles. The molecule has 1 heterocycles. The number of para-hydroxylation sites is 1. The van der Waals surface area contributed by atoms with Crippen LogP contribution in [0.2, 0.25) is 0 Å². The first-order valence-corrected chi connectivity index (χ1v) is 7.55. The molecule has 0 spiro atoms. The van der Waals surface area contributed by atoms with Gasteiger partial charge in [-0.25, -0.2) is 0 Å². The molecule has 1 atom stereocenters. The van der Waals surface area contributed by atoms with Gasteiger partial charge in [0.2, 0.25) is 0 Å². The fourth-order valence-electron chi connectivity index (χ4n) is 1.68. The Labute approximate surface area is 106 Å². The second-order valence-corrected chi connectivity index (χ2v) is 6.42. The molecule has 0 amide bonds. The summed E-state index contributed by atoms with van der Waals surface area (Å²) in [5.74, 6) is 0. The van der Waals surface area contributed by atoms with Crippen LogP contribution in [0.25, 0.3) is 10.9 Å². The molecular weight excluding hydrogens is 271 g/mol. The summed E-state index contributed by atoms with van der Waals surface area (Å²) in [7, 11) is 0. The number of benzene rings is 2. The Hall–Kier alpha value is -1.66. The summed E-state index contributed by atoms with van der Waals surface area (Å²) >= 11 is -0.412. The normalized spacial score (nSPS) is 11.3. The molecule has 17 heavy (non-hydrogen) atoms. The third-order valence-corrected chi connectivity index (χ3v) is 4.80. The Bertz CT molecular complexity index is 638. The molecule has 0 aliphatic carbocycles. The molecule has 2 nitrogen and oxygen atoms in total. The molecule has 0 bridgehead atoms. The van der Waals surface area contributed by atoms with Crippen LogP contribution >= 0.6 is 0 Å². The monoisotopic (exact) mass is 282 g/mol. The Morgan fingerprint density at radius 2 is 1.59 bits per heavy atom. The van der Waals surface area contributed by atoms with Crippen LogP contribution in [-0.4, -0.2) is 25.7 Å². The molecule has 1 unspecified atom stereocenters. The van der Waals surface area contributed by atoms with Gasteiger partial charge >= 0.3 is 106 Å². The second-order valence-electron chi connectivity index (χ2n) is 3.74. The number of hydrogen-bond acceptors (Lipinski definition) is 2. The van der Waals surface area contributed by atoms with Gasteiger partial charge in [0.05, 0.1) is 0 Å². The number of hydrogen-bond donors (Lipinski definition) is 0. The third-order valence-electron chi connectivity index (χ3n) is 2.52. The summed E-state index contributed by atoms with van der Waals surface area (Å²) in [6.07, 6.45) is 1.92. The Morgan fingerprint density at radius 3 is 2.47 bits per heavy atom. The Balaban J connectivity index is 1.96. The Kier molecular flexibility index (Phi) is 2.89. The van der Waals surface area contributed by atoms with Gasteiger partial charge in [0, 0.05) is 0 Å². The average Bonchev–Trinajstić information content (AvgIpc) is 2.40. The van der Waals surface area contributed by atoms with Crippen molar-refractivity contribution in [3.8, 4) is 0 Å². The standard InChI is InChI=1S/C14H11AsN2/c1-2-7-12(8-3-1)15-14-16-10-11-6-4-5-9-13(11)17-14/h1-10,15H. The van der Waals surface area contributed by atoms with Gasteiger partial charge in [-0.3, -0.25) is 0 Å². The van der Waals surface area contributed by atoms with E-state index in [2.05, 4.69) is 34.2 Å². The molecular formula is C14H11AsN2. The summed E-state index contributed by atoms with van der Waals surface area (Å²) in [5.41, 5.74) is 1.04. The van der Waals surface area contributed by atoms with E-state index in [1.165, 1.54) is 4.35 Å². The van der Waals surface area contributed by atoms with E-state index < -0.39 is 15.8 Å². The van der Waals surface area contributed by atoms with Gasteiger partial charge in [-0.2, -0.15) is 0 Å². The molecule has 2 aromatic carbocycles. The minimum atomic E-state index is -0.412. The SMILES string of the molecule is c1ccc([AsH]c2ncc3ccccc3n2)cc1. The minimum absolute atomic E-state index is 0.412. The van der Waals surface area contributed by atoms with Crippen molar-refractivity contribution in [2.45, 2.75) is 0 Å². The summed E-state index contributed by atoms with van der Waals surface area (Å²) in [4.78, 5) is 9.06. The van der Waals surface area contributed by atoms with E-state index in [1.54, 1.807) is 0 Å². The first-order valence-electron chi connectivity index (χ1n) is 5.46. The van der Waals surface area contributed by atoms with Crippen molar-refractivity contribution >= 4 is 35.6 Å². The van der Waals surface area contributed by atoms with E-state index in [0.717, 1.165) is 15.5 Å². The second kappa shape index (κ2) is 4.68. The summed E-state index contributed by atoms with van der Waals surface area (Å²) in [5, 5.41) is 1.11. The van der Waals surface area contributed by atoms with Crippen molar-refractivity contribution in [1.29, 1.82) is 0 Å². The van der Waals surface area contributed by atoms with E-state index in [1.807, 2.05) is 36.5 Å². The van der Waals surface area contributed by atoms with Crippen LogP contribution in [0.15, 0.2) is 60.8 Å². The number of nitrogens with zero attached hydrogens (tertiary/aromatic N) is 2. The van der Waals surface area contributed by atoms with E-state index in [0.29, 0.717) is 0 Å². The zero-order valence-electron chi connectivity index (χ0n) is 9.17. The van der Waals surface area contributed by atoms with E-state index >= 15 is 0 Å². The van der Waals surface area contributed by atoms with Crippen molar-refractivity contribution in [3.05, 3.63) is 60.8 Å². The van der Waals surface area contributed by atoms with Crippen LogP contribution in [0.1, 0.15) is 0 Å². The van der Waals surface area contributed by atoms with E-state index in [-0.39, 0.29) is 0 Å². The molecule has 82 valence electrons. The van der Waals surface area contributed by atoms with Gasteiger partial charge in [-0.15, -0.1) is 0 Å². The molecule has 0 aliphatic rings. The molecule has 3 heteroatoms. The molecule has 0 N–H and O–H groups in total. The number of fused-ring (bicyclic) bond motifs is 1. The van der Waals surface area contributed by atoms with Gasteiger partial charge in [0.25, 0.3) is 0 Å². The van der Waals surface area contributed by atoms with Gasteiger partial charge < -0.3 is 0 Å². The van der Waals surface area contributed by atoms with Crippen LogP contribution in [0.3, 0.4) is 0 Å². The fourth-order valence-corrected chi connectivity index (χ4v) is 3.62. The van der Waals surface area contributed by atoms with Crippen molar-refractivity contribution in [1.82, 2.24) is 9.97 Å². The maximum absolute atomic E-state index is 4.61.